The Labute approximate surface area is 147 Å². The third-order valence-electron chi connectivity index (χ3n) is 5.14. The molecule has 0 aliphatic carbocycles. The van der Waals surface area contributed by atoms with Crippen molar-refractivity contribution in [1.29, 1.82) is 0 Å². The van der Waals surface area contributed by atoms with Gasteiger partial charge in [-0.2, -0.15) is 5.10 Å². The highest BCUT2D eigenvalue weighted by molar-refractivity contribution is 5.98. The summed E-state index contributed by atoms with van der Waals surface area (Å²) >= 11 is 0. The molecular formula is C20H22N4O. The molecule has 0 atom stereocenters. The van der Waals surface area contributed by atoms with Crippen molar-refractivity contribution in [2.45, 2.75) is 32.6 Å². The number of H-pyrrole nitrogens is 1. The van der Waals surface area contributed by atoms with Gasteiger partial charge in [0.05, 0.1) is 16.8 Å². The van der Waals surface area contributed by atoms with Crippen LogP contribution < -0.4 is 0 Å². The second-order valence-corrected chi connectivity index (χ2v) is 6.90. The number of pyridine rings is 1. The Morgan fingerprint density at radius 3 is 2.68 bits per heavy atom. The van der Waals surface area contributed by atoms with Gasteiger partial charge in [0.15, 0.2) is 0 Å². The lowest BCUT2D eigenvalue weighted by Crippen LogP contribution is -2.38. The number of fused-ring (bicyclic) bond motifs is 1. The lowest BCUT2D eigenvalue weighted by molar-refractivity contribution is 0.0711. The fraction of sp³-hybridized carbons (Fsp3) is 0.350. The molecule has 3 aromatic rings. The highest BCUT2D eigenvalue weighted by Crippen LogP contribution is 2.28. The summed E-state index contributed by atoms with van der Waals surface area (Å²) in [5.41, 5.74) is 4.83. The first-order valence-electron chi connectivity index (χ1n) is 8.78. The van der Waals surface area contributed by atoms with Crippen LogP contribution in [0, 0.1) is 13.8 Å². The number of hydrogen-bond donors (Lipinski definition) is 1. The van der Waals surface area contributed by atoms with Crippen molar-refractivity contribution in [1.82, 2.24) is 20.1 Å². The highest BCUT2D eigenvalue weighted by Gasteiger charge is 2.26. The Bertz CT molecular complexity index is 909. The van der Waals surface area contributed by atoms with E-state index in [0.717, 1.165) is 48.1 Å². The zero-order valence-electron chi connectivity index (χ0n) is 14.6. The lowest BCUT2D eigenvalue weighted by atomic mass is 9.93. The second-order valence-electron chi connectivity index (χ2n) is 6.90. The smallest absolute Gasteiger partial charge is 0.255 e. The van der Waals surface area contributed by atoms with E-state index >= 15 is 0 Å². The maximum atomic E-state index is 13.0. The van der Waals surface area contributed by atoms with Crippen molar-refractivity contribution in [3.63, 3.8) is 0 Å². The van der Waals surface area contributed by atoms with E-state index in [-0.39, 0.29) is 5.91 Å². The first-order valence-corrected chi connectivity index (χ1v) is 8.78. The van der Waals surface area contributed by atoms with E-state index in [4.69, 9.17) is 0 Å². The minimum atomic E-state index is 0.0931. The number of carbonyl (C=O) groups is 1. The van der Waals surface area contributed by atoms with E-state index in [9.17, 15) is 4.79 Å². The number of nitrogens with one attached hydrogen (secondary N) is 1. The average Bonchev–Trinajstić information content (AvgIpc) is 3.15. The molecule has 4 rings (SSSR count). The average molecular weight is 334 g/mol. The number of amides is 1. The van der Waals surface area contributed by atoms with Crippen LogP contribution in [-0.2, 0) is 0 Å². The Morgan fingerprint density at radius 1 is 1.16 bits per heavy atom. The van der Waals surface area contributed by atoms with Crippen LogP contribution in [0.2, 0.25) is 0 Å². The SMILES string of the molecule is Cc1ccc2cc(C(=O)N3CCC(c4ccn[nH]4)CC3)c(C)nc2c1. The number of piperidine rings is 1. The van der Waals surface area contributed by atoms with Crippen LogP contribution in [0.25, 0.3) is 10.9 Å². The summed E-state index contributed by atoms with van der Waals surface area (Å²) in [6.45, 7) is 5.52. The number of carbonyl (C=O) groups excluding carboxylic acids is 1. The minimum Gasteiger partial charge on any atom is -0.339 e. The van der Waals surface area contributed by atoms with Crippen LogP contribution in [0.15, 0.2) is 36.5 Å². The van der Waals surface area contributed by atoms with Gasteiger partial charge >= 0.3 is 0 Å². The molecule has 128 valence electrons. The Morgan fingerprint density at radius 2 is 1.96 bits per heavy atom. The third kappa shape index (κ3) is 3.02. The molecule has 0 bridgehead atoms. The van der Waals surface area contributed by atoms with E-state index in [1.807, 2.05) is 30.0 Å². The molecule has 3 heterocycles. The number of aryl methyl sites for hydroxylation is 2. The molecule has 1 saturated heterocycles. The molecule has 1 aromatic carbocycles. The van der Waals surface area contributed by atoms with Crippen molar-refractivity contribution in [2.24, 2.45) is 0 Å². The molecule has 25 heavy (non-hydrogen) atoms. The largest absolute Gasteiger partial charge is 0.339 e. The molecule has 0 radical (unpaired) electrons. The van der Waals surface area contributed by atoms with Gasteiger partial charge in [-0.3, -0.25) is 14.9 Å². The second kappa shape index (κ2) is 6.31. The topological polar surface area (TPSA) is 61.9 Å². The van der Waals surface area contributed by atoms with Crippen molar-refractivity contribution in [3.05, 3.63) is 59.0 Å². The molecule has 1 aliphatic rings. The lowest BCUT2D eigenvalue weighted by Gasteiger charge is -2.31. The molecule has 0 saturated carbocycles. The van der Waals surface area contributed by atoms with Gasteiger partial charge in [0.2, 0.25) is 0 Å². The van der Waals surface area contributed by atoms with Gasteiger partial charge in [-0.1, -0.05) is 12.1 Å². The molecule has 0 spiro atoms. The standard InChI is InChI=1S/C20H22N4O/c1-13-3-4-16-12-17(14(2)22-19(16)11-13)20(25)24-9-6-15(7-10-24)18-5-8-21-23-18/h3-5,8,11-12,15H,6-7,9-10H2,1-2H3,(H,21,23). The van der Waals surface area contributed by atoms with Crippen LogP contribution in [0.3, 0.4) is 0 Å². The molecule has 5 nitrogen and oxygen atoms in total. The van der Waals surface area contributed by atoms with Crippen molar-refractivity contribution in [2.75, 3.05) is 13.1 Å². The van der Waals surface area contributed by atoms with Crippen molar-refractivity contribution in [3.8, 4) is 0 Å². The number of likely N-dealkylation sites (tertiary alicyclic amines) is 1. The fourth-order valence-corrected chi connectivity index (χ4v) is 3.65. The quantitative estimate of drug-likeness (QED) is 0.779. The van der Waals surface area contributed by atoms with E-state index in [1.54, 1.807) is 6.20 Å². The third-order valence-corrected chi connectivity index (χ3v) is 5.14. The molecular weight excluding hydrogens is 312 g/mol. The zero-order valence-corrected chi connectivity index (χ0v) is 14.6. The maximum absolute atomic E-state index is 13.0. The summed E-state index contributed by atoms with van der Waals surface area (Å²) in [6, 6.07) is 10.2. The van der Waals surface area contributed by atoms with Gasteiger partial charge < -0.3 is 4.90 Å². The van der Waals surface area contributed by atoms with E-state index in [0.29, 0.717) is 5.92 Å². The van der Waals surface area contributed by atoms with Crippen LogP contribution in [0.5, 0.6) is 0 Å². The monoisotopic (exact) mass is 334 g/mol. The Balaban J connectivity index is 1.54. The van der Waals surface area contributed by atoms with Gasteiger partial charge in [0.1, 0.15) is 0 Å². The predicted octanol–water partition coefficient (Wildman–Crippen LogP) is 3.59. The molecule has 1 aliphatic heterocycles. The highest BCUT2D eigenvalue weighted by atomic mass is 16.2. The number of hydrogen-bond acceptors (Lipinski definition) is 3. The number of benzene rings is 1. The van der Waals surface area contributed by atoms with E-state index in [2.05, 4.69) is 34.2 Å². The van der Waals surface area contributed by atoms with Gasteiger partial charge in [0.25, 0.3) is 5.91 Å². The summed E-state index contributed by atoms with van der Waals surface area (Å²) in [5.74, 6) is 0.556. The van der Waals surface area contributed by atoms with Crippen LogP contribution in [0.4, 0.5) is 0 Å². The van der Waals surface area contributed by atoms with Crippen molar-refractivity contribution < 1.29 is 4.79 Å². The van der Waals surface area contributed by atoms with Crippen molar-refractivity contribution >= 4 is 16.8 Å². The Hall–Kier alpha value is -2.69. The minimum absolute atomic E-state index is 0.0931. The first kappa shape index (κ1) is 15.8. The van der Waals surface area contributed by atoms with Crippen LogP contribution >= 0.6 is 0 Å². The fourth-order valence-electron chi connectivity index (χ4n) is 3.65. The number of nitrogens with zero attached hydrogens (tertiary/aromatic N) is 3. The molecule has 0 unspecified atom stereocenters. The van der Waals surface area contributed by atoms with Gasteiger partial charge in [0, 0.05) is 36.3 Å². The van der Waals surface area contributed by atoms with Crippen LogP contribution in [0.1, 0.15) is 46.1 Å². The number of aromatic nitrogens is 3. The number of rotatable bonds is 2. The summed E-state index contributed by atoms with van der Waals surface area (Å²) in [4.78, 5) is 19.6. The van der Waals surface area contributed by atoms with Crippen LogP contribution in [-0.4, -0.2) is 39.1 Å². The zero-order chi connectivity index (χ0) is 17.4. The molecule has 1 N–H and O–H groups in total. The molecule has 1 amide bonds. The first-order chi connectivity index (χ1) is 12.1. The molecule has 5 heteroatoms. The van der Waals surface area contributed by atoms with E-state index < -0.39 is 0 Å². The van der Waals surface area contributed by atoms with Gasteiger partial charge in [-0.25, -0.2) is 0 Å². The van der Waals surface area contributed by atoms with Gasteiger partial charge in [-0.15, -0.1) is 0 Å². The molecule has 1 fully saturated rings. The summed E-state index contributed by atoms with van der Waals surface area (Å²) < 4.78 is 0. The summed E-state index contributed by atoms with van der Waals surface area (Å²) in [7, 11) is 0. The maximum Gasteiger partial charge on any atom is 0.255 e. The summed E-state index contributed by atoms with van der Waals surface area (Å²) in [6.07, 6.45) is 3.72. The predicted molar refractivity (Wildman–Crippen MR) is 97.7 cm³/mol. The van der Waals surface area contributed by atoms with E-state index in [1.165, 1.54) is 11.3 Å². The normalized spacial score (nSPS) is 15.7. The summed E-state index contributed by atoms with van der Waals surface area (Å²) in [5, 5.41) is 8.11. The molecule has 2 aromatic heterocycles. The Kier molecular flexibility index (Phi) is 3.99. The van der Waals surface area contributed by atoms with Gasteiger partial charge in [-0.05, 0) is 50.5 Å². The number of aromatic amines is 1.